The van der Waals surface area contributed by atoms with Gasteiger partial charge >= 0.3 is 0 Å². The van der Waals surface area contributed by atoms with Crippen molar-refractivity contribution in [3.63, 3.8) is 0 Å². The van der Waals surface area contributed by atoms with Gasteiger partial charge in [0.05, 0.1) is 0 Å². The Morgan fingerprint density at radius 3 is 2.29 bits per heavy atom. The minimum Gasteiger partial charge on any atom is -0.330 e. The summed E-state index contributed by atoms with van der Waals surface area (Å²) >= 11 is 0. The zero-order valence-electron chi connectivity index (χ0n) is 9.75. The van der Waals surface area contributed by atoms with E-state index in [-0.39, 0.29) is 0 Å². The van der Waals surface area contributed by atoms with Crippen molar-refractivity contribution in [2.75, 3.05) is 25.1 Å². The highest BCUT2D eigenvalue weighted by Gasteiger charge is 2.12. The van der Waals surface area contributed by atoms with Crippen molar-refractivity contribution in [2.45, 2.75) is 26.8 Å². The van der Waals surface area contributed by atoms with Crippen LogP contribution in [0.15, 0.2) is 0 Å². The van der Waals surface area contributed by atoms with Crippen LogP contribution < -0.4 is 11.1 Å². The minimum atomic E-state index is -0.717. The molecule has 0 aromatic heterocycles. The maximum Gasteiger partial charge on any atom is 0.0383 e. The Labute approximate surface area is 90.3 Å². The summed E-state index contributed by atoms with van der Waals surface area (Å²) in [4.78, 5) is 0. The van der Waals surface area contributed by atoms with Crippen LogP contribution in [0, 0.1) is 11.8 Å². The molecule has 0 aliphatic rings. The number of hydrogen-bond acceptors (Lipinski definition) is 3. The molecule has 0 radical (unpaired) electrons. The van der Waals surface area contributed by atoms with E-state index in [0.29, 0.717) is 24.4 Å². The summed E-state index contributed by atoms with van der Waals surface area (Å²) in [5.41, 5.74) is 5.66. The zero-order chi connectivity index (χ0) is 11.1. The summed E-state index contributed by atoms with van der Waals surface area (Å²) in [7, 11) is -0.717. The molecule has 0 heterocycles. The van der Waals surface area contributed by atoms with E-state index in [9.17, 15) is 4.21 Å². The fraction of sp³-hybridized carbons (Fsp3) is 1.00. The summed E-state index contributed by atoms with van der Waals surface area (Å²) in [6, 6.07) is 0.314. The van der Waals surface area contributed by atoms with Gasteiger partial charge in [-0.2, -0.15) is 0 Å². The molecule has 14 heavy (non-hydrogen) atoms. The predicted octanol–water partition coefficient (Wildman–Crippen LogP) is 0.574. The summed E-state index contributed by atoms with van der Waals surface area (Å²) in [6.07, 6.45) is 1.74. The Kier molecular flexibility index (Phi) is 7.41. The van der Waals surface area contributed by atoms with E-state index in [1.54, 1.807) is 6.26 Å². The molecular formula is C10H24N2OS. The number of nitrogens with one attached hydrogen (secondary N) is 1. The second-order valence-electron chi connectivity index (χ2n) is 4.29. The normalized spacial score (nSPS) is 18.1. The molecule has 0 saturated heterocycles. The van der Waals surface area contributed by atoms with Gasteiger partial charge in [0, 0.05) is 28.9 Å². The highest BCUT2D eigenvalue weighted by Crippen LogP contribution is 2.07. The third-order valence-corrected chi connectivity index (χ3v) is 3.43. The van der Waals surface area contributed by atoms with E-state index in [1.807, 2.05) is 0 Å². The Morgan fingerprint density at radius 2 is 1.93 bits per heavy atom. The standard InChI is InChI=1S/C10H24N2OS/c1-8(2)10(5-11)6-12-9(3)7-14(4)13/h8-10,12H,5-7,11H2,1-4H3. The van der Waals surface area contributed by atoms with E-state index in [0.717, 1.165) is 12.3 Å². The smallest absolute Gasteiger partial charge is 0.0383 e. The predicted molar refractivity (Wildman–Crippen MR) is 63.8 cm³/mol. The number of hydrogen-bond donors (Lipinski definition) is 2. The first-order valence-electron chi connectivity index (χ1n) is 5.20. The molecule has 0 saturated carbocycles. The maximum atomic E-state index is 10.9. The fourth-order valence-corrected chi connectivity index (χ4v) is 2.18. The van der Waals surface area contributed by atoms with Gasteiger partial charge in [0.2, 0.25) is 0 Å². The first kappa shape index (κ1) is 14.1. The van der Waals surface area contributed by atoms with E-state index in [2.05, 4.69) is 26.1 Å². The van der Waals surface area contributed by atoms with Crippen molar-refractivity contribution < 1.29 is 4.21 Å². The molecule has 3 unspecified atom stereocenters. The lowest BCUT2D eigenvalue weighted by Gasteiger charge is -2.21. The lowest BCUT2D eigenvalue weighted by molar-refractivity contribution is 0.360. The van der Waals surface area contributed by atoms with E-state index < -0.39 is 10.8 Å². The molecule has 0 fully saturated rings. The van der Waals surface area contributed by atoms with Gasteiger partial charge in [0.15, 0.2) is 0 Å². The Balaban J connectivity index is 3.73. The van der Waals surface area contributed by atoms with Crippen LogP contribution in [0.25, 0.3) is 0 Å². The summed E-state index contributed by atoms with van der Waals surface area (Å²) < 4.78 is 10.9. The monoisotopic (exact) mass is 220 g/mol. The quantitative estimate of drug-likeness (QED) is 0.660. The van der Waals surface area contributed by atoms with Gasteiger partial charge in [0.25, 0.3) is 0 Å². The van der Waals surface area contributed by atoms with Crippen LogP contribution in [-0.2, 0) is 10.8 Å². The molecule has 0 aromatic carbocycles. The Morgan fingerprint density at radius 1 is 1.36 bits per heavy atom. The van der Waals surface area contributed by atoms with Crippen molar-refractivity contribution in [3.05, 3.63) is 0 Å². The molecule has 0 aliphatic carbocycles. The molecule has 0 aliphatic heterocycles. The molecular weight excluding hydrogens is 196 g/mol. The maximum absolute atomic E-state index is 10.9. The van der Waals surface area contributed by atoms with E-state index in [4.69, 9.17) is 5.73 Å². The van der Waals surface area contributed by atoms with Gasteiger partial charge < -0.3 is 11.1 Å². The van der Waals surface area contributed by atoms with Gasteiger partial charge in [0.1, 0.15) is 0 Å². The third-order valence-electron chi connectivity index (χ3n) is 2.46. The Hall–Kier alpha value is 0.0700. The van der Waals surface area contributed by atoms with Crippen molar-refractivity contribution in [2.24, 2.45) is 17.6 Å². The minimum absolute atomic E-state index is 0.314. The SMILES string of the molecule is CC(CS(C)=O)NCC(CN)C(C)C. The zero-order valence-corrected chi connectivity index (χ0v) is 10.6. The molecule has 0 aromatic rings. The van der Waals surface area contributed by atoms with Crippen LogP contribution >= 0.6 is 0 Å². The van der Waals surface area contributed by atoms with Crippen molar-refractivity contribution in [3.8, 4) is 0 Å². The molecule has 0 spiro atoms. The summed E-state index contributed by atoms with van der Waals surface area (Å²) in [6.45, 7) is 8.07. The van der Waals surface area contributed by atoms with Crippen molar-refractivity contribution in [1.82, 2.24) is 5.32 Å². The van der Waals surface area contributed by atoms with E-state index in [1.165, 1.54) is 0 Å². The highest BCUT2D eigenvalue weighted by atomic mass is 32.2. The molecule has 86 valence electrons. The molecule has 0 rings (SSSR count). The van der Waals surface area contributed by atoms with Crippen LogP contribution in [0.3, 0.4) is 0 Å². The van der Waals surface area contributed by atoms with Crippen LogP contribution in [-0.4, -0.2) is 35.3 Å². The van der Waals surface area contributed by atoms with Crippen LogP contribution in [0.2, 0.25) is 0 Å². The lowest BCUT2D eigenvalue weighted by Crippen LogP contribution is -2.38. The van der Waals surface area contributed by atoms with Gasteiger partial charge in [-0.15, -0.1) is 0 Å². The fourth-order valence-electron chi connectivity index (χ4n) is 1.35. The largest absolute Gasteiger partial charge is 0.330 e. The second kappa shape index (κ2) is 7.37. The molecule has 0 bridgehead atoms. The van der Waals surface area contributed by atoms with Crippen molar-refractivity contribution in [1.29, 1.82) is 0 Å². The first-order chi connectivity index (χ1) is 6.47. The van der Waals surface area contributed by atoms with Gasteiger partial charge in [-0.25, -0.2) is 0 Å². The number of rotatable bonds is 7. The highest BCUT2D eigenvalue weighted by molar-refractivity contribution is 7.84. The summed E-state index contributed by atoms with van der Waals surface area (Å²) in [5, 5.41) is 3.37. The van der Waals surface area contributed by atoms with Crippen LogP contribution in [0.4, 0.5) is 0 Å². The molecule has 3 atom stereocenters. The number of nitrogens with two attached hydrogens (primary N) is 1. The van der Waals surface area contributed by atoms with E-state index >= 15 is 0 Å². The first-order valence-corrected chi connectivity index (χ1v) is 6.93. The topological polar surface area (TPSA) is 55.1 Å². The van der Waals surface area contributed by atoms with Crippen LogP contribution in [0.5, 0.6) is 0 Å². The molecule has 3 N–H and O–H groups in total. The van der Waals surface area contributed by atoms with Gasteiger partial charge in [-0.05, 0) is 31.8 Å². The average Bonchev–Trinajstić information content (AvgIpc) is 2.03. The van der Waals surface area contributed by atoms with Gasteiger partial charge in [-0.3, -0.25) is 4.21 Å². The lowest BCUT2D eigenvalue weighted by atomic mass is 9.96. The average molecular weight is 220 g/mol. The van der Waals surface area contributed by atoms with Crippen molar-refractivity contribution >= 4 is 10.8 Å². The van der Waals surface area contributed by atoms with Crippen LogP contribution in [0.1, 0.15) is 20.8 Å². The molecule has 3 nitrogen and oxygen atoms in total. The third kappa shape index (κ3) is 6.51. The summed E-state index contributed by atoms with van der Waals surface area (Å²) in [5.74, 6) is 1.84. The Bertz CT molecular complexity index is 174. The molecule has 4 heteroatoms. The second-order valence-corrected chi connectivity index (χ2v) is 5.77. The molecule has 0 amide bonds. The van der Waals surface area contributed by atoms with Gasteiger partial charge in [-0.1, -0.05) is 13.8 Å².